The number of thioether (sulfide) groups is 1. The highest BCUT2D eigenvalue weighted by atomic mass is 32.2. The number of hydrogen-bond acceptors (Lipinski definition) is 8. The van der Waals surface area contributed by atoms with Crippen LogP contribution in [-0.2, 0) is 11.3 Å². The SMILES string of the molecule is COc1ccc2cc(CN(C)C(=O)CSc3nc(N)nc(N)n3)ccc2c1. The van der Waals surface area contributed by atoms with Crippen LogP contribution >= 0.6 is 11.8 Å². The Bertz CT molecular complexity index is 961. The third-order valence-corrected chi connectivity index (χ3v) is 4.76. The summed E-state index contributed by atoms with van der Waals surface area (Å²) in [7, 11) is 3.41. The fourth-order valence-electron chi connectivity index (χ4n) is 2.55. The molecule has 3 aromatic rings. The number of hydrogen-bond donors (Lipinski definition) is 2. The molecule has 0 saturated heterocycles. The zero-order valence-corrected chi connectivity index (χ0v) is 15.9. The molecule has 27 heavy (non-hydrogen) atoms. The molecule has 0 bridgehead atoms. The summed E-state index contributed by atoms with van der Waals surface area (Å²) in [6, 6.07) is 12.0. The molecule has 0 radical (unpaired) electrons. The minimum Gasteiger partial charge on any atom is -0.497 e. The number of amides is 1. The number of ether oxygens (including phenoxy) is 1. The van der Waals surface area contributed by atoms with Crippen molar-refractivity contribution < 1.29 is 9.53 Å². The molecule has 0 unspecified atom stereocenters. The molecule has 0 aliphatic carbocycles. The number of nitrogen functional groups attached to an aromatic ring is 2. The molecule has 0 aliphatic heterocycles. The second kappa shape index (κ2) is 8.09. The monoisotopic (exact) mass is 384 g/mol. The number of rotatable bonds is 6. The first kappa shape index (κ1) is 18.7. The second-order valence-corrected chi connectivity index (χ2v) is 6.86. The summed E-state index contributed by atoms with van der Waals surface area (Å²) in [6.45, 7) is 0.503. The Kier molecular flexibility index (Phi) is 5.60. The molecule has 140 valence electrons. The molecule has 9 heteroatoms. The third-order valence-electron chi connectivity index (χ3n) is 3.93. The zero-order valence-electron chi connectivity index (χ0n) is 15.0. The van der Waals surface area contributed by atoms with Crippen molar-refractivity contribution in [2.24, 2.45) is 0 Å². The Balaban J connectivity index is 1.62. The molecule has 1 amide bonds. The summed E-state index contributed by atoms with van der Waals surface area (Å²) >= 11 is 1.18. The quantitative estimate of drug-likeness (QED) is 0.619. The number of nitrogens with two attached hydrogens (primary N) is 2. The summed E-state index contributed by atoms with van der Waals surface area (Å²) in [6.07, 6.45) is 0. The number of benzene rings is 2. The van der Waals surface area contributed by atoms with Crippen LogP contribution in [0.4, 0.5) is 11.9 Å². The average Bonchev–Trinajstić information content (AvgIpc) is 2.64. The van der Waals surface area contributed by atoms with E-state index in [-0.39, 0.29) is 23.6 Å². The molecular weight excluding hydrogens is 364 g/mol. The van der Waals surface area contributed by atoms with E-state index in [1.165, 1.54) is 11.8 Å². The molecule has 4 N–H and O–H groups in total. The van der Waals surface area contributed by atoms with Gasteiger partial charge in [0.2, 0.25) is 17.8 Å². The maximum Gasteiger partial charge on any atom is 0.233 e. The van der Waals surface area contributed by atoms with Gasteiger partial charge in [-0.05, 0) is 34.5 Å². The molecule has 0 atom stereocenters. The van der Waals surface area contributed by atoms with E-state index in [0.717, 1.165) is 22.1 Å². The summed E-state index contributed by atoms with van der Waals surface area (Å²) in [4.78, 5) is 25.7. The summed E-state index contributed by atoms with van der Waals surface area (Å²) in [5, 5.41) is 2.52. The van der Waals surface area contributed by atoms with Crippen LogP contribution in [0.15, 0.2) is 41.6 Å². The van der Waals surface area contributed by atoms with Crippen LogP contribution in [0.3, 0.4) is 0 Å². The van der Waals surface area contributed by atoms with Crippen molar-refractivity contribution in [2.75, 3.05) is 31.4 Å². The zero-order chi connectivity index (χ0) is 19.4. The Morgan fingerprint density at radius 2 is 1.74 bits per heavy atom. The largest absolute Gasteiger partial charge is 0.497 e. The van der Waals surface area contributed by atoms with Crippen molar-refractivity contribution in [1.82, 2.24) is 19.9 Å². The van der Waals surface area contributed by atoms with Crippen LogP contribution in [-0.4, -0.2) is 45.7 Å². The van der Waals surface area contributed by atoms with Gasteiger partial charge in [-0.3, -0.25) is 4.79 Å². The fraction of sp³-hybridized carbons (Fsp3) is 0.222. The van der Waals surface area contributed by atoms with Crippen LogP contribution < -0.4 is 16.2 Å². The van der Waals surface area contributed by atoms with Crippen LogP contribution in [0, 0.1) is 0 Å². The average molecular weight is 384 g/mol. The number of carbonyl (C=O) groups excluding carboxylic acids is 1. The molecule has 0 aliphatic rings. The van der Waals surface area contributed by atoms with Gasteiger partial charge in [0.05, 0.1) is 12.9 Å². The van der Waals surface area contributed by atoms with Crippen molar-refractivity contribution in [2.45, 2.75) is 11.7 Å². The molecule has 3 rings (SSSR count). The number of anilines is 2. The van der Waals surface area contributed by atoms with Gasteiger partial charge in [-0.25, -0.2) is 0 Å². The number of carbonyl (C=O) groups is 1. The van der Waals surface area contributed by atoms with Gasteiger partial charge in [-0.2, -0.15) is 15.0 Å². The number of aromatic nitrogens is 3. The molecule has 0 spiro atoms. The minimum atomic E-state index is -0.0487. The second-order valence-electron chi connectivity index (χ2n) is 5.92. The third kappa shape index (κ3) is 4.76. The molecular formula is C18H20N6O2S. The highest BCUT2D eigenvalue weighted by Gasteiger charge is 2.12. The topological polar surface area (TPSA) is 120 Å². The van der Waals surface area contributed by atoms with Crippen LogP contribution in [0.5, 0.6) is 5.75 Å². The van der Waals surface area contributed by atoms with Gasteiger partial charge in [0.15, 0.2) is 5.16 Å². The first-order chi connectivity index (χ1) is 12.9. The van der Waals surface area contributed by atoms with Crippen molar-refractivity contribution >= 4 is 40.3 Å². The Morgan fingerprint density at radius 1 is 1.07 bits per heavy atom. The maximum atomic E-state index is 12.4. The predicted octanol–water partition coefficient (Wildman–Crippen LogP) is 1.95. The van der Waals surface area contributed by atoms with Crippen molar-refractivity contribution in [3.63, 3.8) is 0 Å². The Morgan fingerprint density at radius 3 is 2.44 bits per heavy atom. The van der Waals surface area contributed by atoms with E-state index in [2.05, 4.69) is 21.0 Å². The standard InChI is InChI=1S/C18H20N6O2S/c1-24(15(25)10-27-18-22-16(19)21-17(20)23-18)9-11-3-4-13-8-14(26-2)6-5-12(13)7-11/h3-8H,9-10H2,1-2H3,(H4,19,20,21,22,23). The lowest BCUT2D eigenvalue weighted by atomic mass is 10.1. The highest BCUT2D eigenvalue weighted by Crippen LogP contribution is 2.22. The molecule has 1 aromatic heterocycles. The van der Waals surface area contributed by atoms with E-state index in [4.69, 9.17) is 16.2 Å². The van der Waals surface area contributed by atoms with Gasteiger partial charge in [0.1, 0.15) is 5.75 Å². The molecule has 1 heterocycles. The van der Waals surface area contributed by atoms with E-state index in [0.29, 0.717) is 11.7 Å². The highest BCUT2D eigenvalue weighted by molar-refractivity contribution is 7.99. The molecule has 0 fully saturated rings. The Hall–Kier alpha value is -3.07. The lowest BCUT2D eigenvalue weighted by Gasteiger charge is -2.17. The first-order valence-electron chi connectivity index (χ1n) is 8.15. The van der Waals surface area contributed by atoms with E-state index in [1.807, 2.05) is 30.3 Å². The van der Waals surface area contributed by atoms with Crippen molar-refractivity contribution in [1.29, 1.82) is 0 Å². The van der Waals surface area contributed by atoms with Gasteiger partial charge < -0.3 is 21.1 Å². The lowest BCUT2D eigenvalue weighted by Crippen LogP contribution is -2.27. The van der Waals surface area contributed by atoms with E-state index >= 15 is 0 Å². The molecule has 8 nitrogen and oxygen atoms in total. The summed E-state index contributed by atoms with van der Waals surface area (Å²) in [5.74, 6) is 1.04. The summed E-state index contributed by atoms with van der Waals surface area (Å²) < 4.78 is 5.24. The smallest absolute Gasteiger partial charge is 0.233 e. The normalized spacial score (nSPS) is 10.7. The van der Waals surface area contributed by atoms with Gasteiger partial charge >= 0.3 is 0 Å². The summed E-state index contributed by atoms with van der Waals surface area (Å²) in [5.41, 5.74) is 12.1. The fourth-order valence-corrected chi connectivity index (χ4v) is 3.34. The van der Waals surface area contributed by atoms with E-state index < -0.39 is 0 Å². The molecule has 2 aromatic carbocycles. The minimum absolute atomic E-state index is 0.0404. The van der Waals surface area contributed by atoms with Crippen molar-refractivity contribution in [3.05, 3.63) is 42.0 Å². The van der Waals surface area contributed by atoms with Crippen LogP contribution in [0.1, 0.15) is 5.56 Å². The first-order valence-corrected chi connectivity index (χ1v) is 9.13. The van der Waals surface area contributed by atoms with Crippen LogP contribution in [0.2, 0.25) is 0 Å². The number of nitrogens with zero attached hydrogens (tertiary/aromatic N) is 4. The maximum absolute atomic E-state index is 12.4. The Labute approximate surface area is 160 Å². The number of fused-ring (bicyclic) bond motifs is 1. The van der Waals surface area contributed by atoms with Gasteiger partial charge in [0, 0.05) is 13.6 Å². The van der Waals surface area contributed by atoms with Crippen LogP contribution in [0.25, 0.3) is 10.8 Å². The van der Waals surface area contributed by atoms with Crippen molar-refractivity contribution in [3.8, 4) is 5.75 Å². The predicted molar refractivity (Wildman–Crippen MR) is 106 cm³/mol. The van der Waals surface area contributed by atoms with E-state index in [1.54, 1.807) is 19.1 Å². The van der Waals surface area contributed by atoms with E-state index in [9.17, 15) is 4.79 Å². The van der Waals surface area contributed by atoms with Gasteiger partial charge in [-0.1, -0.05) is 30.0 Å². The number of methoxy groups -OCH3 is 1. The molecule has 0 saturated carbocycles. The van der Waals surface area contributed by atoms with Gasteiger partial charge in [-0.15, -0.1) is 0 Å². The lowest BCUT2D eigenvalue weighted by molar-refractivity contribution is -0.127. The van der Waals surface area contributed by atoms with Gasteiger partial charge in [0.25, 0.3) is 0 Å².